The van der Waals surface area contributed by atoms with Gasteiger partial charge in [0.25, 0.3) is 0 Å². The Morgan fingerprint density at radius 3 is 2.94 bits per heavy atom. The number of hydrogen-bond donors (Lipinski definition) is 3. The number of pyridine rings is 1. The maximum Gasteiger partial charge on any atom is 0.339 e. The molecule has 0 aliphatic heterocycles. The summed E-state index contributed by atoms with van der Waals surface area (Å²) in [5.41, 5.74) is 0.936. The Kier molecular flexibility index (Phi) is 6.53. The number of aryl methyl sites for hydroxylation is 1. The number of hydrogen-bond acceptors (Lipinski definition) is 5. The van der Waals surface area contributed by atoms with Gasteiger partial charge in [-0.15, -0.1) is 0 Å². The molecule has 1 rings (SSSR count). The van der Waals surface area contributed by atoms with Crippen molar-refractivity contribution in [3.8, 4) is 0 Å². The van der Waals surface area contributed by atoms with Crippen LogP contribution < -0.4 is 5.32 Å². The van der Waals surface area contributed by atoms with Crippen LogP contribution in [-0.2, 0) is 0 Å². The molecule has 0 unspecified atom stereocenters. The second-order valence-electron chi connectivity index (χ2n) is 3.77. The highest BCUT2D eigenvalue weighted by molar-refractivity contribution is 7.99. The number of aromatic carboxylic acids is 1. The molecule has 0 amide bonds. The third kappa shape index (κ3) is 4.54. The number of anilines is 1. The quantitative estimate of drug-likeness (QED) is 0.623. The molecular formula is C12H18N2O3S. The fraction of sp³-hybridized carbons (Fsp3) is 0.500. The Bertz CT molecular complexity index is 399. The number of carboxylic acids is 1. The number of carboxylic acid groups (broad SMARTS) is 1. The monoisotopic (exact) mass is 270 g/mol. The molecule has 1 heterocycles. The van der Waals surface area contributed by atoms with E-state index in [0.717, 1.165) is 17.9 Å². The van der Waals surface area contributed by atoms with Crippen LogP contribution in [0.4, 0.5) is 5.82 Å². The highest BCUT2D eigenvalue weighted by atomic mass is 32.2. The minimum absolute atomic E-state index is 0.211. The SMILES string of the molecule is Cc1ccnc(NCCSCCCO)c1C(=O)O. The molecule has 18 heavy (non-hydrogen) atoms. The lowest BCUT2D eigenvalue weighted by Gasteiger charge is -2.10. The van der Waals surface area contributed by atoms with Crippen molar-refractivity contribution in [3.63, 3.8) is 0 Å². The van der Waals surface area contributed by atoms with E-state index in [0.29, 0.717) is 17.9 Å². The minimum Gasteiger partial charge on any atom is -0.478 e. The first-order chi connectivity index (χ1) is 8.66. The second-order valence-corrected chi connectivity index (χ2v) is 5.00. The fourth-order valence-electron chi connectivity index (χ4n) is 1.47. The summed E-state index contributed by atoms with van der Waals surface area (Å²) in [6, 6.07) is 1.69. The number of rotatable bonds is 8. The number of thioether (sulfide) groups is 1. The second kappa shape index (κ2) is 7.94. The van der Waals surface area contributed by atoms with Crippen molar-refractivity contribution in [2.45, 2.75) is 13.3 Å². The molecule has 1 aromatic rings. The Morgan fingerprint density at radius 1 is 1.50 bits per heavy atom. The Labute approximate surface area is 111 Å². The first-order valence-corrected chi connectivity index (χ1v) is 6.93. The summed E-state index contributed by atoms with van der Waals surface area (Å²) in [5, 5.41) is 20.8. The van der Waals surface area contributed by atoms with Crippen LogP contribution in [0.1, 0.15) is 22.3 Å². The van der Waals surface area contributed by atoms with E-state index in [1.807, 2.05) is 0 Å². The van der Waals surface area contributed by atoms with Crippen molar-refractivity contribution in [3.05, 3.63) is 23.4 Å². The lowest BCUT2D eigenvalue weighted by molar-refractivity contribution is 0.0697. The van der Waals surface area contributed by atoms with E-state index in [2.05, 4.69) is 10.3 Å². The number of nitrogens with one attached hydrogen (secondary N) is 1. The van der Waals surface area contributed by atoms with Gasteiger partial charge >= 0.3 is 5.97 Å². The van der Waals surface area contributed by atoms with Crippen LogP contribution in [0, 0.1) is 6.92 Å². The molecule has 0 fully saturated rings. The molecule has 0 aliphatic rings. The van der Waals surface area contributed by atoms with Gasteiger partial charge in [-0.3, -0.25) is 0 Å². The summed E-state index contributed by atoms with van der Waals surface area (Å²) in [7, 11) is 0. The van der Waals surface area contributed by atoms with Crippen LogP contribution >= 0.6 is 11.8 Å². The molecule has 0 spiro atoms. The Balaban J connectivity index is 2.47. The molecule has 100 valence electrons. The van der Waals surface area contributed by atoms with Crippen molar-refractivity contribution < 1.29 is 15.0 Å². The molecule has 0 saturated heterocycles. The predicted octanol–water partition coefficient (Wildman–Crippen LogP) is 1.62. The highest BCUT2D eigenvalue weighted by Gasteiger charge is 2.13. The van der Waals surface area contributed by atoms with Gasteiger partial charge in [-0.2, -0.15) is 11.8 Å². The van der Waals surface area contributed by atoms with Gasteiger partial charge in [0.1, 0.15) is 11.4 Å². The van der Waals surface area contributed by atoms with E-state index in [4.69, 9.17) is 10.2 Å². The zero-order valence-corrected chi connectivity index (χ0v) is 11.2. The molecule has 0 atom stereocenters. The Hall–Kier alpha value is -1.27. The first-order valence-electron chi connectivity index (χ1n) is 5.78. The van der Waals surface area contributed by atoms with Gasteiger partial charge in [0.05, 0.1) is 0 Å². The number of carbonyl (C=O) groups is 1. The number of aliphatic hydroxyl groups is 1. The summed E-state index contributed by atoms with van der Waals surface area (Å²) in [4.78, 5) is 15.2. The first kappa shape index (κ1) is 14.8. The topological polar surface area (TPSA) is 82.5 Å². The number of aromatic nitrogens is 1. The summed E-state index contributed by atoms with van der Waals surface area (Å²) in [6.45, 7) is 2.63. The molecule has 6 heteroatoms. The smallest absolute Gasteiger partial charge is 0.339 e. The summed E-state index contributed by atoms with van der Waals surface area (Å²) >= 11 is 1.72. The third-order valence-corrected chi connectivity index (χ3v) is 3.43. The largest absolute Gasteiger partial charge is 0.478 e. The molecule has 0 aromatic carbocycles. The lowest BCUT2D eigenvalue weighted by Crippen LogP contribution is -2.12. The molecule has 1 aromatic heterocycles. The van der Waals surface area contributed by atoms with E-state index in [9.17, 15) is 4.79 Å². The third-order valence-electron chi connectivity index (χ3n) is 2.36. The number of aliphatic hydroxyl groups excluding tert-OH is 1. The van der Waals surface area contributed by atoms with Crippen LogP contribution in [-0.4, -0.2) is 45.8 Å². The van der Waals surface area contributed by atoms with E-state index in [-0.39, 0.29) is 12.2 Å². The zero-order valence-electron chi connectivity index (χ0n) is 10.3. The fourth-order valence-corrected chi connectivity index (χ4v) is 2.26. The van der Waals surface area contributed by atoms with E-state index < -0.39 is 5.97 Å². The summed E-state index contributed by atoms with van der Waals surface area (Å²) in [5.74, 6) is 1.22. The average molecular weight is 270 g/mol. The van der Waals surface area contributed by atoms with Gasteiger partial charge in [0, 0.05) is 25.1 Å². The molecule has 0 radical (unpaired) electrons. The maximum atomic E-state index is 11.1. The molecule has 0 saturated carbocycles. The normalized spacial score (nSPS) is 10.3. The molecule has 5 nitrogen and oxygen atoms in total. The van der Waals surface area contributed by atoms with Crippen LogP contribution in [0.2, 0.25) is 0 Å². The maximum absolute atomic E-state index is 11.1. The molecular weight excluding hydrogens is 252 g/mol. The van der Waals surface area contributed by atoms with Gasteiger partial charge < -0.3 is 15.5 Å². The predicted molar refractivity (Wildman–Crippen MR) is 73.5 cm³/mol. The van der Waals surface area contributed by atoms with Crippen molar-refractivity contribution in [1.29, 1.82) is 0 Å². The van der Waals surface area contributed by atoms with E-state index >= 15 is 0 Å². The van der Waals surface area contributed by atoms with Crippen molar-refractivity contribution in [2.24, 2.45) is 0 Å². The van der Waals surface area contributed by atoms with Crippen LogP contribution in [0.3, 0.4) is 0 Å². The molecule has 3 N–H and O–H groups in total. The van der Waals surface area contributed by atoms with Gasteiger partial charge in [-0.05, 0) is 30.7 Å². The molecule has 0 bridgehead atoms. The number of nitrogens with zero attached hydrogens (tertiary/aromatic N) is 1. The van der Waals surface area contributed by atoms with E-state index in [1.54, 1.807) is 30.9 Å². The van der Waals surface area contributed by atoms with Gasteiger partial charge in [-0.1, -0.05) is 0 Å². The van der Waals surface area contributed by atoms with Crippen molar-refractivity contribution >= 4 is 23.5 Å². The Morgan fingerprint density at radius 2 is 2.28 bits per heavy atom. The van der Waals surface area contributed by atoms with Crippen LogP contribution in [0.15, 0.2) is 12.3 Å². The standard InChI is InChI=1S/C12H18N2O3S/c1-9-3-4-13-11(10(9)12(16)17)14-5-8-18-7-2-6-15/h3-4,15H,2,5-8H2,1H3,(H,13,14)(H,16,17). The lowest BCUT2D eigenvalue weighted by atomic mass is 10.1. The average Bonchev–Trinajstić information content (AvgIpc) is 2.33. The highest BCUT2D eigenvalue weighted by Crippen LogP contribution is 2.16. The zero-order chi connectivity index (χ0) is 13.4. The van der Waals surface area contributed by atoms with Crippen LogP contribution in [0.5, 0.6) is 0 Å². The van der Waals surface area contributed by atoms with Gasteiger partial charge in [-0.25, -0.2) is 9.78 Å². The minimum atomic E-state index is -0.962. The van der Waals surface area contributed by atoms with Gasteiger partial charge in [0.15, 0.2) is 0 Å². The van der Waals surface area contributed by atoms with Crippen molar-refractivity contribution in [2.75, 3.05) is 30.0 Å². The van der Waals surface area contributed by atoms with Gasteiger partial charge in [0.2, 0.25) is 0 Å². The molecule has 0 aliphatic carbocycles. The van der Waals surface area contributed by atoms with E-state index in [1.165, 1.54) is 0 Å². The van der Waals surface area contributed by atoms with Crippen LogP contribution in [0.25, 0.3) is 0 Å². The summed E-state index contributed by atoms with van der Waals surface area (Å²) < 4.78 is 0. The van der Waals surface area contributed by atoms with Crippen molar-refractivity contribution in [1.82, 2.24) is 4.98 Å². The summed E-state index contributed by atoms with van der Waals surface area (Å²) in [6.07, 6.45) is 2.39.